The van der Waals surface area contributed by atoms with Gasteiger partial charge in [0.25, 0.3) is 0 Å². The summed E-state index contributed by atoms with van der Waals surface area (Å²) in [6, 6.07) is 9.90. The van der Waals surface area contributed by atoms with Crippen LogP contribution in [0.25, 0.3) is 0 Å². The summed E-state index contributed by atoms with van der Waals surface area (Å²) in [4.78, 5) is 4.18. The number of ether oxygens (including phenoxy) is 1. The van der Waals surface area contributed by atoms with E-state index in [0.29, 0.717) is 0 Å². The Balaban J connectivity index is 1.67. The SMILES string of the molecule is CC(NS(=O)(=O)c1ccc(OC2CCCC2)cc1)c1ccncc1. The van der Waals surface area contributed by atoms with Crippen molar-refractivity contribution in [2.24, 2.45) is 0 Å². The van der Waals surface area contributed by atoms with Crippen LogP contribution in [0.4, 0.5) is 0 Å². The van der Waals surface area contributed by atoms with E-state index in [1.165, 1.54) is 12.8 Å². The zero-order valence-electron chi connectivity index (χ0n) is 13.7. The highest BCUT2D eigenvalue weighted by molar-refractivity contribution is 7.89. The van der Waals surface area contributed by atoms with Gasteiger partial charge in [-0.2, -0.15) is 0 Å². The minimum atomic E-state index is -3.58. The summed E-state index contributed by atoms with van der Waals surface area (Å²) in [6.45, 7) is 1.81. The van der Waals surface area contributed by atoms with Crippen molar-refractivity contribution in [2.45, 2.75) is 49.6 Å². The van der Waals surface area contributed by atoms with Crippen LogP contribution in [0.1, 0.15) is 44.2 Å². The number of hydrogen-bond acceptors (Lipinski definition) is 4. The third kappa shape index (κ3) is 4.13. The highest BCUT2D eigenvalue weighted by Crippen LogP contribution is 2.25. The first-order valence-corrected chi connectivity index (χ1v) is 9.72. The molecule has 1 aromatic heterocycles. The molecule has 0 amide bonds. The number of pyridine rings is 1. The lowest BCUT2D eigenvalue weighted by molar-refractivity contribution is 0.210. The van der Waals surface area contributed by atoms with E-state index >= 15 is 0 Å². The Labute approximate surface area is 143 Å². The second kappa shape index (κ2) is 7.32. The van der Waals surface area contributed by atoms with Crippen LogP contribution in [0.2, 0.25) is 0 Å². The van der Waals surface area contributed by atoms with Crippen LogP contribution < -0.4 is 9.46 Å². The van der Waals surface area contributed by atoms with Gasteiger partial charge >= 0.3 is 0 Å². The number of benzene rings is 1. The Hall–Kier alpha value is -1.92. The molecule has 1 heterocycles. The van der Waals surface area contributed by atoms with Crippen LogP contribution in [-0.4, -0.2) is 19.5 Å². The standard InChI is InChI=1S/C18H22N2O3S/c1-14(15-10-12-19-13-11-15)20-24(21,22)18-8-6-17(7-9-18)23-16-4-2-3-5-16/h6-14,16,20H,2-5H2,1H3. The molecule has 1 aromatic carbocycles. The van der Waals surface area contributed by atoms with Crippen molar-refractivity contribution in [1.82, 2.24) is 9.71 Å². The van der Waals surface area contributed by atoms with E-state index in [1.54, 1.807) is 48.8 Å². The van der Waals surface area contributed by atoms with Crippen LogP contribution in [0, 0.1) is 0 Å². The fourth-order valence-corrected chi connectivity index (χ4v) is 4.15. The summed E-state index contributed by atoms with van der Waals surface area (Å²) < 4.78 is 33.6. The Kier molecular flexibility index (Phi) is 5.16. The van der Waals surface area contributed by atoms with Gasteiger partial charge in [-0.05, 0) is 74.6 Å². The van der Waals surface area contributed by atoms with Crippen LogP contribution in [0.15, 0.2) is 53.7 Å². The lowest BCUT2D eigenvalue weighted by atomic mass is 10.1. The van der Waals surface area contributed by atoms with Crippen molar-refractivity contribution < 1.29 is 13.2 Å². The summed E-state index contributed by atoms with van der Waals surface area (Å²) in [5.74, 6) is 0.725. The van der Waals surface area contributed by atoms with Gasteiger partial charge in [-0.15, -0.1) is 0 Å². The van der Waals surface area contributed by atoms with Crippen molar-refractivity contribution in [3.05, 3.63) is 54.4 Å². The molecule has 0 saturated heterocycles. The Morgan fingerprint density at radius 2 is 1.71 bits per heavy atom. The molecule has 1 unspecified atom stereocenters. The van der Waals surface area contributed by atoms with Crippen LogP contribution in [-0.2, 0) is 10.0 Å². The van der Waals surface area contributed by atoms with Crippen molar-refractivity contribution >= 4 is 10.0 Å². The van der Waals surface area contributed by atoms with Gasteiger partial charge in [0.05, 0.1) is 11.0 Å². The molecule has 2 aromatic rings. The maximum absolute atomic E-state index is 12.5. The summed E-state index contributed by atoms with van der Waals surface area (Å²) >= 11 is 0. The third-order valence-electron chi connectivity index (χ3n) is 4.28. The quantitative estimate of drug-likeness (QED) is 0.870. The normalized spacial score (nSPS) is 16.9. The van der Waals surface area contributed by atoms with Gasteiger partial charge in [0.2, 0.25) is 10.0 Å². The topological polar surface area (TPSA) is 68.3 Å². The molecule has 1 saturated carbocycles. The summed E-state index contributed by atoms with van der Waals surface area (Å²) in [5.41, 5.74) is 0.870. The Bertz CT molecular complexity index is 755. The van der Waals surface area contributed by atoms with Gasteiger partial charge < -0.3 is 4.74 Å². The molecular weight excluding hydrogens is 324 g/mol. The van der Waals surface area contributed by atoms with Gasteiger partial charge in [-0.25, -0.2) is 13.1 Å². The van der Waals surface area contributed by atoms with Crippen LogP contribution in [0.5, 0.6) is 5.75 Å². The first kappa shape index (κ1) is 16.9. The zero-order valence-corrected chi connectivity index (χ0v) is 14.5. The van der Waals surface area contributed by atoms with Crippen molar-refractivity contribution in [1.29, 1.82) is 0 Å². The summed E-state index contributed by atoms with van der Waals surface area (Å²) in [5, 5.41) is 0. The van der Waals surface area contributed by atoms with Crippen molar-refractivity contribution in [2.75, 3.05) is 0 Å². The third-order valence-corrected chi connectivity index (χ3v) is 5.83. The Morgan fingerprint density at radius 1 is 1.08 bits per heavy atom. The zero-order chi connectivity index (χ0) is 17.0. The van der Waals surface area contributed by atoms with Gasteiger partial charge in [0, 0.05) is 18.4 Å². The van der Waals surface area contributed by atoms with Crippen LogP contribution >= 0.6 is 0 Å². The molecule has 1 aliphatic rings. The molecule has 6 heteroatoms. The van der Waals surface area contributed by atoms with Gasteiger partial charge in [-0.3, -0.25) is 4.98 Å². The van der Waals surface area contributed by atoms with Crippen molar-refractivity contribution in [3.8, 4) is 5.75 Å². The van der Waals surface area contributed by atoms with Gasteiger partial charge in [0.1, 0.15) is 5.75 Å². The molecule has 0 radical (unpaired) electrons. The monoisotopic (exact) mass is 346 g/mol. The molecule has 1 N–H and O–H groups in total. The van der Waals surface area contributed by atoms with E-state index in [1.807, 2.05) is 6.92 Å². The van der Waals surface area contributed by atoms with Gasteiger partial charge in [-0.1, -0.05) is 0 Å². The maximum Gasteiger partial charge on any atom is 0.241 e. The molecule has 0 aliphatic heterocycles. The molecule has 1 atom stereocenters. The molecule has 24 heavy (non-hydrogen) atoms. The Morgan fingerprint density at radius 3 is 2.33 bits per heavy atom. The van der Waals surface area contributed by atoms with Gasteiger partial charge in [0.15, 0.2) is 0 Å². The minimum Gasteiger partial charge on any atom is -0.490 e. The average Bonchev–Trinajstić information content (AvgIpc) is 3.09. The van der Waals surface area contributed by atoms with E-state index in [9.17, 15) is 8.42 Å². The molecule has 128 valence electrons. The maximum atomic E-state index is 12.5. The molecule has 5 nitrogen and oxygen atoms in total. The summed E-state index contributed by atoms with van der Waals surface area (Å²) in [7, 11) is -3.58. The van der Waals surface area contributed by atoms with E-state index in [2.05, 4.69) is 9.71 Å². The lowest BCUT2D eigenvalue weighted by Gasteiger charge is -2.16. The van der Waals surface area contributed by atoms with E-state index in [-0.39, 0.29) is 17.0 Å². The number of nitrogens with zero attached hydrogens (tertiary/aromatic N) is 1. The molecular formula is C18H22N2O3S. The van der Waals surface area contributed by atoms with E-state index < -0.39 is 10.0 Å². The highest BCUT2D eigenvalue weighted by Gasteiger charge is 2.20. The average molecular weight is 346 g/mol. The smallest absolute Gasteiger partial charge is 0.241 e. The molecule has 3 rings (SSSR count). The first-order chi connectivity index (χ1) is 11.5. The molecule has 0 spiro atoms. The predicted octanol–water partition coefficient (Wildman–Crippen LogP) is 3.44. The number of hydrogen-bond donors (Lipinski definition) is 1. The first-order valence-electron chi connectivity index (χ1n) is 8.23. The van der Waals surface area contributed by atoms with E-state index in [0.717, 1.165) is 24.2 Å². The molecule has 0 bridgehead atoms. The highest BCUT2D eigenvalue weighted by atomic mass is 32.2. The molecule has 1 aliphatic carbocycles. The minimum absolute atomic E-state index is 0.238. The fraction of sp³-hybridized carbons (Fsp3) is 0.389. The summed E-state index contributed by atoms with van der Waals surface area (Å²) in [6.07, 6.45) is 8.11. The molecule has 1 fully saturated rings. The lowest BCUT2D eigenvalue weighted by Crippen LogP contribution is -2.26. The number of sulfonamides is 1. The van der Waals surface area contributed by atoms with E-state index in [4.69, 9.17) is 4.74 Å². The largest absolute Gasteiger partial charge is 0.490 e. The fourth-order valence-electron chi connectivity index (χ4n) is 2.92. The predicted molar refractivity (Wildman–Crippen MR) is 92.3 cm³/mol. The number of aromatic nitrogens is 1. The van der Waals surface area contributed by atoms with Crippen molar-refractivity contribution in [3.63, 3.8) is 0 Å². The number of nitrogens with one attached hydrogen (secondary N) is 1. The second-order valence-corrected chi connectivity index (χ2v) is 7.83. The number of rotatable bonds is 6. The second-order valence-electron chi connectivity index (χ2n) is 6.12. The van der Waals surface area contributed by atoms with Crippen LogP contribution in [0.3, 0.4) is 0 Å².